The van der Waals surface area contributed by atoms with Crippen LogP contribution in [0.25, 0.3) is 0 Å². The number of aliphatic hydroxyl groups excluding tert-OH is 1. The topological polar surface area (TPSA) is 41.5 Å². The van der Waals surface area contributed by atoms with Crippen LogP contribution in [-0.2, 0) is 0 Å². The average Bonchev–Trinajstić information content (AvgIpc) is 2.23. The van der Waals surface area contributed by atoms with Gasteiger partial charge in [-0.1, -0.05) is 15.9 Å². The molecule has 2 N–H and O–H groups in total. The lowest BCUT2D eigenvalue weighted by Crippen LogP contribution is -2.02. The Labute approximate surface area is 98.6 Å². The SMILES string of the molecule is COc1cc(Br)cc(NCCCCO)c1. The van der Waals surface area contributed by atoms with Crippen LogP contribution in [0.15, 0.2) is 22.7 Å². The lowest BCUT2D eigenvalue weighted by Gasteiger charge is -2.08. The molecule has 0 amide bonds. The first-order valence-corrected chi connectivity index (χ1v) is 5.75. The highest BCUT2D eigenvalue weighted by Gasteiger charge is 1.98. The van der Waals surface area contributed by atoms with E-state index >= 15 is 0 Å². The summed E-state index contributed by atoms with van der Waals surface area (Å²) in [4.78, 5) is 0. The zero-order valence-electron chi connectivity index (χ0n) is 8.79. The fourth-order valence-corrected chi connectivity index (χ4v) is 1.72. The Kier molecular flexibility index (Phi) is 5.50. The molecule has 0 saturated carbocycles. The highest BCUT2D eigenvalue weighted by Crippen LogP contribution is 2.24. The van der Waals surface area contributed by atoms with Gasteiger partial charge in [-0.25, -0.2) is 0 Å². The van der Waals surface area contributed by atoms with Crippen molar-refractivity contribution in [2.45, 2.75) is 12.8 Å². The Bertz CT molecular complexity index is 305. The predicted octanol–water partition coefficient (Wildman–Crippen LogP) is 2.64. The third-order valence-corrected chi connectivity index (χ3v) is 2.48. The molecule has 0 unspecified atom stereocenters. The number of anilines is 1. The Balaban J connectivity index is 2.49. The highest BCUT2D eigenvalue weighted by molar-refractivity contribution is 9.10. The summed E-state index contributed by atoms with van der Waals surface area (Å²) >= 11 is 3.42. The molecular weight excluding hydrogens is 258 g/mol. The maximum absolute atomic E-state index is 8.63. The number of ether oxygens (including phenoxy) is 1. The number of hydrogen-bond acceptors (Lipinski definition) is 3. The number of methoxy groups -OCH3 is 1. The monoisotopic (exact) mass is 273 g/mol. The highest BCUT2D eigenvalue weighted by atomic mass is 79.9. The van der Waals surface area contributed by atoms with Crippen molar-refractivity contribution < 1.29 is 9.84 Å². The van der Waals surface area contributed by atoms with Gasteiger partial charge in [-0.3, -0.25) is 0 Å². The van der Waals surface area contributed by atoms with Crippen LogP contribution in [0.2, 0.25) is 0 Å². The van der Waals surface area contributed by atoms with Gasteiger partial charge in [0.15, 0.2) is 0 Å². The molecule has 0 heterocycles. The van der Waals surface area contributed by atoms with Crippen LogP contribution in [-0.4, -0.2) is 25.4 Å². The van der Waals surface area contributed by atoms with Gasteiger partial charge in [-0.15, -0.1) is 0 Å². The number of nitrogens with one attached hydrogen (secondary N) is 1. The van der Waals surface area contributed by atoms with Crippen LogP contribution in [0, 0.1) is 0 Å². The van der Waals surface area contributed by atoms with Crippen LogP contribution in [0.3, 0.4) is 0 Å². The van der Waals surface area contributed by atoms with E-state index < -0.39 is 0 Å². The second-order valence-electron chi connectivity index (χ2n) is 3.24. The van der Waals surface area contributed by atoms with Gasteiger partial charge >= 0.3 is 0 Å². The molecule has 1 aromatic carbocycles. The van der Waals surface area contributed by atoms with Crippen molar-refractivity contribution in [3.63, 3.8) is 0 Å². The molecule has 0 aliphatic carbocycles. The molecule has 0 aromatic heterocycles. The van der Waals surface area contributed by atoms with Gasteiger partial charge in [0.1, 0.15) is 5.75 Å². The average molecular weight is 274 g/mol. The molecule has 0 saturated heterocycles. The molecule has 3 nitrogen and oxygen atoms in total. The molecule has 4 heteroatoms. The van der Waals surface area contributed by atoms with Crippen LogP contribution >= 0.6 is 15.9 Å². The second-order valence-corrected chi connectivity index (χ2v) is 4.15. The minimum absolute atomic E-state index is 0.253. The van der Waals surface area contributed by atoms with Crippen molar-refractivity contribution in [1.82, 2.24) is 0 Å². The van der Waals surface area contributed by atoms with Crippen LogP contribution < -0.4 is 10.1 Å². The quantitative estimate of drug-likeness (QED) is 0.783. The molecular formula is C11H16BrNO2. The van der Waals surface area contributed by atoms with E-state index in [0.717, 1.165) is 35.3 Å². The predicted molar refractivity (Wildman–Crippen MR) is 65.5 cm³/mol. The summed E-state index contributed by atoms with van der Waals surface area (Å²) in [7, 11) is 1.65. The number of hydrogen-bond donors (Lipinski definition) is 2. The second kappa shape index (κ2) is 6.69. The van der Waals surface area contributed by atoms with Gasteiger partial charge in [0.25, 0.3) is 0 Å². The largest absolute Gasteiger partial charge is 0.497 e. The lowest BCUT2D eigenvalue weighted by atomic mass is 10.2. The van der Waals surface area contributed by atoms with E-state index in [0.29, 0.717) is 0 Å². The van der Waals surface area contributed by atoms with Gasteiger partial charge in [0.05, 0.1) is 7.11 Å². The van der Waals surface area contributed by atoms with E-state index in [1.165, 1.54) is 0 Å². The van der Waals surface area contributed by atoms with Crippen LogP contribution in [0.1, 0.15) is 12.8 Å². The lowest BCUT2D eigenvalue weighted by molar-refractivity contribution is 0.286. The fraction of sp³-hybridized carbons (Fsp3) is 0.455. The van der Waals surface area contributed by atoms with Crippen LogP contribution in [0.5, 0.6) is 5.75 Å². The van der Waals surface area contributed by atoms with Gasteiger partial charge in [-0.2, -0.15) is 0 Å². The maximum Gasteiger partial charge on any atom is 0.122 e. The molecule has 0 bridgehead atoms. The summed E-state index contributed by atoms with van der Waals surface area (Å²) in [6.45, 7) is 1.11. The van der Waals surface area contributed by atoms with Crippen molar-refractivity contribution in [2.24, 2.45) is 0 Å². The number of benzene rings is 1. The van der Waals surface area contributed by atoms with Crippen molar-refractivity contribution >= 4 is 21.6 Å². The number of rotatable bonds is 6. The third kappa shape index (κ3) is 4.53. The summed E-state index contributed by atoms with van der Waals surface area (Å²) in [5, 5.41) is 11.9. The van der Waals surface area contributed by atoms with Crippen molar-refractivity contribution in [2.75, 3.05) is 25.6 Å². The number of aliphatic hydroxyl groups is 1. The molecule has 15 heavy (non-hydrogen) atoms. The Hall–Kier alpha value is -0.740. The van der Waals surface area contributed by atoms with Crippen molar-refractivity contribution in [1.29, 1.82) is 0 Å². The van der Waals surface area contributed by atoms with Crippen LogP contribution in [0.4, 0.5) is 5.69 Å². The number of unbranched alkanes of at least 4 members (excludes halogenated alkanes) is 1. The van der Waals surface area contributed by atoms with E-state index in [1.807, 2.05) is 18.2 Å². The fourth-order valence-electron chi connectivity index (χ4n) is 1.25. The minimum Gasteiger partial charge on any atom is -0.497 e. The summed E-state index contributed by atoms with van der Waals surface area (Å²) < 4.78 is 6.15. The van der Waals surface area contributed by atoms with E-state index in [9.17, 15) is 0 Å². The molecule has 0 radical (unpaired) electrons. The molecule has 1 rings (SSSR count). The summed E-state index contributed by atoms with van der Waals surface area (Å²) in [6, 6.07) is 5.87. The van der Waals surface area contributed by atoms with Gasteiger partial charge in [0.2, 0.25) is 0 Å². The Morgan fingerprint density at radius 2 is 2.13 bits per heavy atom. The zero-order chi connectivity index (χ0) is 11.1. The first-order chi connectivity index (χ1) is 7.26. The van der Waals surface area contributed by atoms with E-state index in [-0.39, 0.29) is 6.61 Å². The molecule has 0 aliphatic rings. The molecule has 0 spiro atoms. The van der Waals surface area contributed by atoms with E-state index in [1.54, 1.807) is 7.11 Å². The third-order valence-electron chi connectivity index (χ3n) is 2.02. The maximum atomic E-state index is 8.63. The van der Waals surface area contributed by atoms with Gasteiger partial charge < -0.3 is 15.2 Å². The molecule has 1 aromatic rings. The molecule has 0 atom stereocenters. The zero-order valence-corrected chi connectivity index (χ0v) is 10.4. The summed E-state index contributed by atoms with van der Waals surface area (Å²) in [5.74, 6) is 0.828. The van der Waals surface area contributed by atoms with Gasteiger partial charge in [-0.05, 0) is 25.0 Å². The smallest absolute Gasteiger partial charge is 0.122 e. The normalized spacial score (nSPS) is 10.1. The summed E-state index contributed by atoms with van der Waals surface area (Å²) in [5.41, 5.74) is 1.03. The molecule has 0 fully saturated rings. The standard InChI is InChI=1S/C11H16BrNO2/c1-15-11-7-9(12)6-10(8-11)13-4-2-3-5-14/h6-8,13-14H,2-5H2,1H3. The molecule has 0 aliphatic heterocycles. The van der Waals surface area contributed by atoms with E-state index in [2.05, 4.69) is 21.2 Å². The van der Waals surface area contributed by atoms with Crippen molar-refractivity contribution in [3.8, 4) is 5.75 Å². The van der Waals surface area contributed by atoms with Gasteiger partial charge in [0, 0.05) is 29.4 Å². The minimum atomic E-state index is 0.253. The van der Waals surface area contributed by atoms with Crippen molar-refractivity contribution in [3.05, 3.63) is 22.7 Å². The Morgan fingerprint density at radius 3 is 2.80 bits per heavy atom. The number of halogens is 1. The van der Waals surface area contributed by atoms with E-state index in [4.69, 9.17) is 9.84 Å². The molecule has 84 valence electrons. The first-order valence-electron chi connectivity index (χ1n) is 4.95. The Morgan fingerprint density at radius 1 is 1.33 bits per heavy atom. The first kappa shape index (κ1) is 12.3. The summed E-state index contributed by atoms with van der Waals surface area (Å²) in [6.07, 6.45) is 1.80.